The fraction of sp³-hybridized carbons (Fsp3) is 0.357. The fourth-order valence-corrected chi connectivity index (χ4v) is 2.90. The second kappa shape index (κ2) is 5.24. The van der Waals surface area contributed by atoms with E-state index in [1.165, 1.54) is 17.7 Å². The Morgan fingerprint density at radius 3 is 3.17 bits per heavy atom. The molecule has 4 heteroatoms. The Morgan fingerprint density at radius 1 is 1.44 bits per heavy atom. The van der Waals surface area contributed by atoms with Crippen LogP contribution in [0.1, 0.15) is 6.42 Å². The molecule has 1 aliphatic rings. The van der Waals surface area contributed by atoms with Crippen LogP contribution in [0, 0.1) is 5.92 Å². The molecule has 1 N–H and O–H groups in total. The molecule has 0 saturated carbocycles. The van der Waals surface area contributed by atoms with E-state index in [9.17, 15) is 0 Å². The van der Waals surface area contributed by atoms with Gasteiger partial charge in [-0.1, -0.05) is 28.1 Å². The SMILES string of the molecule is Brc1cccc(-c2cncn2CC2CCNC2)c1. The van der Waals surface area contributed by atoms with Gasteiger partial charge in [-0.15, -0.1) is 0 Å². The van der Waals surface area contributed by atoms with Gasteiger partial charge in [0, 0.05) is 16.6 Å². The zero-order valence-corrected chi connectivity index (χ0v) is 11.7. The first-order chi connectivity index (χ1) is 8.83. The predicted molar refractivity (Wildman–Crippen MR) is 76.3 cm³/mol. The van der Waals surface area contributed by atoms with Gasteiger partial charge in [0.2, 0.25) is 0 Å². The summed E-state index contributed by atoms with van der Waals surface area (Å²) in [6, 6.07) is 8.38. The Kier molecular flexibility index (Phi) is 3.48. The molecule has 1 unspecified atom stereocenters. The van der Waals surface area contributed by atoms with E-state index in [1.807, 2.05) is 18.6 Å². The van der Waals surface area contributed by atoms with E-state index < -0.39 is 0 Å². The predicted octanol–water partition coefficient (Wildman–Crippen LogP) is 2.92. The highest BCUT2D eigenvalue weighted by molar-refractivity contribution is 9.10. The van der Waals surface area contributed by atoms with Gasteiger partial charge in [0.25, 0.3) is 0 Å². The molecule has 1 atom stereocenters. The lowest BCUT2D eigenvalue weighted by Gasteiger charge is -2.12. The van der Waals surface area contributed by atoms with E-state index in [0.29, 0.717) is 0 Å². The third kappa shape index (κ3) is 2.49. The molecular weight excluding hydrogens is 290 g/mol. The van der Waals surface area contributed by atoms with Crippen LogP contribution in [0.15, 0.2) is 41.3 Å². The van der Waals surface area contributed by atoms with Crippen molar-refractivity contribution in [1.29, 1.82) is 0 Å². The van der Waals surface area contributed by atoms with Gasteiger partial charge in [0.1, 0.15) is 0 Å². The zero-order valence-electron chi connectivity index (χ0n) is 10.1. The molecule has 0 amide bonds. The third-order valence-electron chi connectivity index (χ3n) is 3.45. The van der Waals surface area contributed by atoms with Crippen LogP contribution in [0.5, 0.6) is 0 Å². The van der Waals surface area contributed by atoms with Crippen LogP contribution in [0.4, 0.5) is 0 Å². The maximum atomic E-state index is 4.30. The van der Waals surface area contributed by atoms with Crippen molar-refractivity contribution in [2.24, 2.45) is 5.92 Å². The Morgan fingerprint density at radius 2 is 2.39 bits per heavy atom. The lowest BCUT2D eigenvalue weighted by atomic mass is 10.1. The van der Waals surface area contributed by atoms with Crippen LogP contribution >= 0.6 is 15.9 Å². The van der Waals surface area contributed by atoms with Crippen LogP contribution in [0.2, 0.25) is 0 Å². The molecule has 0 aliphatic carbocycles. The molecule has 3 nitrogen and oxygen atoms in total. The van der Waals surface area contributed by atoms with Gasteiger partial charge in [0.05, 0.1) is 18.2 Å². The van der Waals surface area contributed by atoms with Crippen LogP contribution in [0.25, 0.3) is 11.3 Å². The Bertz CT molecular complexity index is 529. The highest BCUT2D eigenvalue weighted by atomic mass is 79.9. The van der Waals surface area contributed by atoms with Gasteiger partial charge in [0.15, 0.2) is 0 Å². The minimum atomic E-state index is 0.727. The second-order valence-electron chi connectivity index (χ2n) is 4.80. The van der Waals surface area contributed by atoms with Gasteiger partial charge in [-0.2, -0.15) is 0 Å². The number of nitrogens with one attached hydrogen (secondary N) is 1. The molecule has 0 spiro atoms. The molecule has 2 heterocycles. The summed E-state index contributed by atoms with van der Waals surface area (Å²) in [6.45, 7) is 3.32. The summed E-state index contributed by atoms with van der Waals surface area (Å²) in [4.78, 5) is 4.30. The number of aromatic nitrogens is 2. The number of rotatable bonds is 3. The summed E-state index contributed by atoms with van der Waals surface area (Å²) in [5.41, 5.74) is 2.41. The summed E-state index contributed by atoms with van der Waals surface area (Å²) >= 11 is 3.52. The molecule has 1 saturated heterocycles. The molecular formula is C14H16BrN3. The van der Waals surface area contributed by atoms with Crippen molar-refractivity contribution in [3.63, 3.8) is 0 Å². The molecule has 3 rings (SSSR count). The molecule has 18 heavy (non-hydrogen) atoms. The topological polar surface area (TPSA) is 29.9 Å². The lowest BCUT2D eigenvalue weighted by molar-refractivity contribution is 0.484. The van der Waals surface area contributed by atoms with Gasteiger partial charge in [-0.25, -0.2) is 4.98 Å². The van der Waals surface area contributed by atoms with Crippen molar-refractivity contribution >= 4 is 15.9 Å². The Balaban J connectivity index is 1.86. The molecule has 94 valence electrons. The number of benzene rings is 1. The van der Waals surface area contributed by atoms with E-state index in [0.717, 1.165) is 30.0 Å². The summed E-state index contributed by atoms with van der Waals surface area (Å²) in [6.07, 6.45) is 5.15. The molecule has 1 aliphatic heterocycles. The standard InChI is InChI=1S/C14H16BrN3/c15-13-3-1-2-12(6-13)14-8-17-10-18(14)9-11-4-5-16-7-11/h1-3,6,8,10-11,16H,4-5,7,9H2. The van der Waals surface area contributed by atoms with Crippen molar-refractivity contribution in [2.45, 2.75) is 13.0 Å². The molecule has 0 radical (unpaired) electrons. The van der Waals surface area contributed by atoms with E-state index >= 15 is 0 Å². The molecule has 2 aromatic rings. The first-order valence-corrected chi connectivity index (χ1v) is 7.09. The van der Waals surface area contributed by atoms with Crippen molar-refractivity contribution in [2.75, 3.05) is 13.1 Å². The smallest absolute Gasteiger partial charge is 0.0951 e. The first kappa shape index (κ1) is 11.9. The average molecular weight is 306 g/mol. The largest absolute Gasteiger partial charge is 0.330 e. The number of halogens is 1. The van der Waals surface area contributed by atoms with Crippen LogP contribution in [-0.4, -0.2) is 22.6 Å². The lowest BCUT2D eigenvalue weighted by Crippen LogP contribution is -2.14. The maximum absolute atomic E-state index is 4.30. The van der Waals surface area contributed by atoms with E-state index in [-0.39, 0.29) is 0 Å². The van der Waals surface area contributed by atoms with Gasteiger partial charge in [-0.05, 0) is 37.6 Å². The quantitative estimate of drug-likeness (QED) is 0.945. The van der Waals surface area contributed by atoms with Gasteiger partial charge in [-0.3, -0.25) is 0 Å². The summed E-state index contributed by atoms with van der Waals surface area (Å²) in [5, 5.41) is 3.41. The summed E-state index contributed by atoms with van der Waals surface area (Å²) in [7, 11) is 0. The van der Waals surface area contributed by atoms with Gasteiger partial charge < -0.3 is 9.88 Å². The minimum absolute atomic E-state index is 0.727. The number of hydrogen-bond acceptors (Lipinski definition) is 2. The molecule has 0 bridgehead atoms. The van der Waals surface area contributed by atoms with E-state index in [2.05, 4.69) is 49.0 Å². The Labute approximate surface area is 115 Å². The number of imidazole rings is 1. The molecule has 1 fully saturated rings. The van der Waals surface area contributed by atoms with Gasteiger partial charge >= 0.3 is 0 Å². The van der Waals surface area contributed by atoms with E-state index in [1.54, 1.807) is 0 Å². The molecule has 1 aromatic carbocycles. The van der Waals surface area contributed by atoms with Crippen molar-refractivity contribution in [3.05, 3.63) is 41.3 Å². The summed E-state index contributed by atoms with van der Waals surface area (Å²) < 4.78 is 3.37. The van der Waals surface area contributed by atoms with E-state index in [4.69, 9.17) is 0 Å². The summed E-state index contributed by atoms with van der Waals surface area (Å²) in [5.74, 6) is 0.727. The third-order valence-corrected chi connectivity index (χ3v) is 3.94. The second-order valence-corrected chi connectivity index (χ2v) is 5.72. The molecule has 1 aromatic heterocycles. The van der Waals surface area contributed by atoms with Crippen molar-refractivity contribution in [1.82, 2.24) is 14.9 Å². The maximum Gasteiger partial charge on any atom is 0.0951 e. The minimum Gasteiger partial charge on any atom is -0.330 e. The van der Waals surface area contributed by atoms with Crippen molar-refractivity contribution in [3.8, 4) is 11.3 Å². The number of hydrogen-bond donors (Lipinski definition) is 1. The monoisotopic (exact) mass is 305 g/mol. The Hall–Kier alpha value is -1.13. The van der Waals surface area contributed by atoms with Crippen molar-refractivity contribution < 1.29 is 0 Å². The highest BCUT2D eigenvalue weighted by Gasteiger charge is 2.16. The average Bonchev–Trinajstić information content (AvgIpc) is 3.01. The van der Waals surface area contributed by atoms with Crippen LogP contribution < -0.4 is 5.32 Å². The van der Waals surface area contributed by atoms with Crippen LogP contribution in [0.3, 0.4) is 0 Å². The zero-order chi connectivity index (χ0) is 12.4. The highest BCUT2D eigenvalue weighted by Crippen LogP contribution is 2.24. The fourth-order valence-electron chi connectivity index (χ4n) is 2.50. The normalized spacial score (nSPS) is 19.3. The number of nitrogens with zero attached hydrogens (tertiary/aromatic N) is 2. The van der Waals surface area contributed by atoms with Crippen LogP contribution in [-0.2, 0) is 6.54 Å². The first-order valence-electron chi connectivity index (χ1n) is 6.30.